The van der Waals surface area contributed by atoms with E-state index in [1.165, 1.54) is 12.5 Å². The lowest BCUT2D eigenvalue weighted by Gasteiger charge is -2.27. The molecule has 5 nitrogen and oxygen atoms in total. The van der Waals surface area contributed by atoms with Crippen LogP contribution in [0.3, 0.4) is 0 Å². The van der Waals surface area contributed by atoms with Crippen LogP contribution in [0.2, 0.25) is 0 Å². The van der Waals surface area contributed by atoms with Gasteiger partial charge in [-0.2, -0.15) is 0 Å². The Labute approximate surface area is 186 Å². The second-order valence-corrected chi connectivity index (χ2v) is 8.96. The van der Waals surface area contributed by atoms with E-state index in [0.717, 1.165) is 22.4 Å². The minimum atomic E-state index is -0.366. The number of hydrogen-bond donors (Lipinski definition) is 0. The molecule has 0 bridgehead atoms. The van der Waals surface area contributed by atoms with Crippen molar-refractivity contribution < 1.29 is 23.7 Å². The Kier molecular flexibility index (Phi) is 9.08. The molecule has 0 aromatic heterocycles. The normalized spacial score (nSPS) is 12.5. The summed E-state index contributed by atoms with van der Waals surface area (Å²) in [6.07, 6.45) is 0.716. The van der Waals surface area contributed by atoms with Gasteiger partial charge in [-0.05, 0) is 46.7 Å². The molecule has 0 aliphatic carbocycles. The standard InChI is InChI=1S/C26H36O5/c1-18(26(3,4)5)21-8-10-24(11-9-21)30-13-12-20-14-22(16-28-6)25(31-19(2)27)23(15-20)17-29-7/h8-11,14-15,18H,12-13,16-17H2,1-7H3. The Morgan fingerprint density at radius 2 is 1.52 bits per heavy atom. The highest BCUT2D eigenvalue weighted by Gasteiger charge is 2.21. The third-order valence-corrected chi connectivity index (χ3v) is 5.49. The molecule has 0 N–H and O–H groups in total. The molecule has 2 aromatic carbocycles. The minimum absolute atomic E-state index is 0.223. The predicted molar refractivity (Wildman–Crippen MR) is 123 cm³/mol. The summed E-state index contributed by atoms with van der Waals surface area (Å²) >= 11 is 0. The topological polar surface area (TPSA) is 54.0 Å². The second-order valence-electron chi connectivity index (χ2n) is 8.96. The van der Waals surface area contributed by atoms with Crippen LogP contribution in [0.1, 0.15) is 62.8 Å². The fraction of sp³-hybridized carbons (Fsp3) is 0.500. The zero-order valence-electron chi connectivity index (χ0n) is 19.9. The van der Waals surface area contributed by atoms with Crippen molar-refractivity contribution in [2.75, 3.05) is 20.8 Å². The molecule has 0 fully saturated rings. The maximum absolute atomic E-state index is 11.5. The van der Waals surface area contributed by atoms with Crippen LogP contribution in [0, 0.1) is 5.41 Å². The van der Waals surface area contributed by atoms with Gasteiger partial charge in [-0.15, -0.1) is 0 Å². The number of esters is 1. The second kappa shape index (κ2) is 11.3. The summed E-state index contributed by atoms with van der Waals surface area (Å²) in [5.74, 6) is 1.48. The lowest BCUT2D eigenvalue weighted by molar-refractivity contribution is -0.132. The van der Waals surface area contributed by atoms with Crippen LogP contribution in [0.5, 0.6) is 11.5 Å². The molecule has 1 atom stereocenters. The van der Waals surface area contributed by atoms with Gasteiger partial charge in [0.1, 0.15) is 11.5 Å². The predicted octanol–water partition coefficient (Wildman–Crippen LogP) is 5.68. The van der Waals surface area contributed by atoms with Crippen molar-refractivity contribution in [1.82, 2.24) is 0 Å². The van der Waals surface area contributed by atoms with E-state index in [-0.39, 0.29) is 11.4 Å². The Morgan fingerprint density at radius 1 is 0.968 bits per heavy atom. The van der Waals surface area contributed by atoms with Crippen LogP contribution in [0.15, 0.2) is 36.4 Å². The quantitative estimate of drug-likeness (QED) is 0.360. The van der Waals surface area contributed by atoms with Crippen molar-refractivity contribution in [3.05, 3.63) is 58.7 Å². The number of hydrogen-bond acceptors (Lipinski definition) is 5. The Bertz CT molecular complexity index is 822. The third kappa shape index (κ3) is 7.37. The fourth-order valence-corrected chi connectivity index (χ4v) is 3.41. The fourth-order valence-electron chi connectivity index (χ4n) is 3.41. The Hall–Kier alpha value is -2.37. The summed E-state index contributed by atoms with van der Waals surface area (Å²) < 4.78 is 22.0. The SMILES string of the molecule is COCc1cc(CCOc2ccc(C(C)C(C)(C)C)cc2)cc(COC)c1OC(C)=O. The van der Waals surface area contributed by atoms with E-state index in [9.17, 15) is 4.79 Å². The average molecular weight is 429 g/mol. The van der Waals surface area contributed by atoms with Gasteiger partial charge in [-0.1, -0.05) is 39.8 Å². The molecular weight excluding hydrogens is 392 g/mol. The van der Waals surface area contributed by atoms with Gasteiger partial charge in [0.25, 0.3) is 0 Å². The Balaban J connectivity index is 2.09. The highest BCUT2D eigenvalue weighted by Crippen LogP contribution is 2.35. The van der Waals surface area contributed by atoms with E-state index in [2.05, 4.69) is 39.8 Å². The van der Waals surface area contributed by atoms with Gasteiger partial charge in [0.2, 0.25) is 0 Å². The third-order valence-electron chi connectivity index (χ3n) is 5.49. The van der Waals surface area contributed by atoms with Gasteiger partial charge in [0, 0.05) is 38.7 Å². The lowest BCUT2D eigenvalue weighted by Crippen LogP contribution is -2.15. The minimum Gasteiger partial charge on any atom is -0.493 e. The van der Waals surface area contributed by atoms with E-state index in [1.54, 1.807) is 14.2 Å². The number of methoxy groups -OCH3 is 2. The van der Waals surface area contributed by atoms with Crippen LogP contribution in [-0.2, 0) is 33.9 Å². The first-order valence-electron chi connectivity index (χ1n) is 10.7. The smallest absolute Gasteiger partial charge is 0.308 e. The summed E-state index contributed by atoms with van der Waals surface area (Å²) in [5, 5.41) is 0. The number of carbonyl (C=O) groups is 1. The molecule has 31 heavy (non-hydrogen) atoms. The summed E-state index contributed by atoms with van der Waals surface area (Å²) in [6, 6.07) is 12.4. The average Bonchev–Trinajstić information content (AvgIpc) is 2.70. The summed E-state index contributed by atoms with van der Waals surface area (Å²) in [5.41, 5.74) is 4.26. The number of benzene rings is 2. The van der Waals surface area contributed by atoms with Crippen molar-refractivity contribution >= 4 is 5.97 Å². The van der Waals surface area contributed by atoms with Crippen LogP contribution < -0.4 is 9.47 Å². The van der Waals surface area contributed by atoms with E-state index in [1.807, 2.05) is 24.3 Å². The number of ether oxygens (including phenoxy) is 4. The van der Waals surface area contributed by atoms with Crippen LogP contribution in [0.4, 0.5) is 0 Å². The van der Waals surface area contributed by atoms with Gasteiger partial charge in [-0.25, -0.2) is 0 Å². The molecule has 5 heteroatoms. The summed E-state index contributed by atoms with van der Waals surface area (Å²) in [7, 11) is 3.24. The molecule has 0 amide bonds. The molecular formula is C26H36O5. The molecule has 0 heterocycles. The van der Waals surface area contributed by atoms with Crippen LogP contribution in [0.25, 0.3) is 0 Å². The van der Waals surface area contributed by atoms with Crippen LogP contribution in [-0.4, -0.2) is 26.8 Å². The van der Waals surface area contributed by atoms with Crippen molar-refractivity contribution in [1.29, 1.82) is 0 Å². The first-order valence-corrected chi connectivity index (χ1v) is 10.7. The van der Waals surface area contributed by atoms with Gasteiger partial charge in [-0.3, -0.25) is 4.79 Å². The zero-order valence-corrected chi connectivity index (χ0v) is 19.9. The molecule has 1 unspecified atom stereocenters. The molecule has 0 saturated heterocycles. The van der Waals surface area contributed by atoms with E-state index >= 15 is 0 Å². The molecule has 0 radical (unpaired) electrons. The van der Waals surface area contributed by atoms with Gasteiger partial charge in [0.05, 0.1) is 19.8 Å². The number of rotatable bonds is 10. The first kappa shape index (κ1) is 24.9. The highest BCUT2D eigenvalue weighted by molar-refractivity contribution is 5.70. The summed E-state index contributed by atoms with van der Waals surface area (Å²) in [6.45, 7) is 11.6. The maximum atomic E-state index is 11.5. The zero-order chi connectivity index (χ0) is 23.0. The lowest BCUT2D eigenvalue weighted by atomic mass is 9.78. The molecule has 0 saturated carbocycles. The van der Waals surface area contributed by atoms with Gasteiger partial charge in [0.15, 0.2) is 0 Å². The molecule has 0 spiro atoms. The number of carbonyl (C=O) groups excluding carboxylic acids is 1. The highest BCUT2D eigenvalue weighted by atomic mass is 16.5. The van der Waals surface area contributed by atoms with Crippen LogP contribution >= 0.6 is 0 Å². The first-order chi connectivity index (χ1) is 14.7. The van der Waals surface area contributed by atoms with E-state index in [0.29, 0.717) is 37.9 Å². The van der Waals surface area contributed by atoms with Crippen molar-refractivity contribution in [2.24, 2.45) is 5.41 Å². The maximum Gasteiger partial charge on any atom is 0.308 e. The van der Waals surface area contributed by atoms with Crippen molar-refractivity contribution in [3.8, 4) is 11.5 Å². The van der Waals surface area contributed by atoms with Gasteiger partial charge < -0.3 is 18.9 Å². The van der Waals surface area contributed by atoms with Crippen molar-refractivity contribution in [3.63, 3.8) is 0 Å². The van der Waals surface area contributed by atoms with Crippen molar-refractivity contribution in [2.45, 2.75) is 60.2 Å². The molecule has 0 aliphatic rings. The van der Waals surface area contributed by atoms with Gasteiger partial charge >= 0.3 is 5.97 Å². The summed E-state index contributed by atoms with van der Waals surface area (Å²) in [4.78, 5) is 11.5. The molecule has 2 aromatic rings. The molecule has 2 rings (SSSR count). The monoisotopic (exact) mass is 428 g/mol. The Morgan fingerprint density at radius 3 is 1.97 bits per heavy atom. The van der Waals surface area contributed by atoms with E-state index < -0.39 is 0 Å². The molecule has 170 valence electrons. The molecule has 0 aliphatic heterocycles. The largest absolute Gasteiger partial charge is 0.493 e. The van der Waals surface area contributed by atoms with E-state index in [4.69, 9.17) is 18.9 Å².